The molecule has 9 nitrogen and oxygen atoms in total. The van der Waals surface area contributed by atoms with Gasteiger partial charge in [-0.05, 0) is 34.2 Å². The van der Waals surface area contributed by atoms with E-state index in [0.717, 1.165) is 18.4 Å². The van der Waals surface area contributed by atoms with Crippen LogP contribution in [0.25, 0.3) is 11.1 Å². The standard InChI is InChI=1S/C36H44N4O5/c1-40(2,3)28(14-11-19-37-35(42)44-25-27-12-5-4-6-13-27)24-34(41)38-20-22-39(23-21-38)36(43)45-26-33-31-17-9-7-15-29(31)30-16-8-10-18-32(30)33/h4-10,12-13,15-18,28,33H,11,14,19-26H2,1-3H3/p+1/t28-/m0/s1. The van der Waals surface area contributed by atoms with Crippen molar-refractivity contribution in [3.8, 4) is 11.1 Å². The summed E-state index contributed by atoms with van der Waals surface area (Å²) in [5, 5.41) is 2.82. The Labute approximate surface area is 266 Å². The fourth-order valence-corrected chi connectivity index (χ4v) is 6.22. The van der Waals surface area contributed by atoms with Crippen LogP contribution in [0.5, 0.6) is 0 Å². The van der Waals surface area contributed by atoms with E-state index in [0.29, 0.717) is 43.6 Å². The van der Waals surface area contributed by atoms with Crippen LogP contribution in [0, 0.1) is 0 Å². The van der Waals surface area contributed by atoms with Gasteiger partial charge in [-0.15, -0.1) is 0 Å². The van der Waals surface area contributed by atoms with Gasteiger partial charge < -0.3 is 29.1 Å². The smallest absolute Gasteiger partial charge is 0.409 e. The minimum Gasteiger partial charge on any atom is -0.448 e. The van der Waals surface area contributed by atoms with E-state index in [1.54, 1.807) is 4.90 Å². The molecule has 3 aromatic carbocycles. The van der Waals surface area contributed by atoms with Crippen LogP contribution in [-0.2, 0) is 20.9 Å². The van der Waals surface area contributed by atoms with Gasteiger partial charge in [0.05, 0.1) is 33.6 Å². The first kappa shape index (κ1) is 32.0. The number of carbonyl (C=O) groups is 3. The first-order valence-electron chi connectivity index (χ1n) is 15.8. The van der Waals surface area contributed by atoms with Gasteiger partial charge in [0.15, 0.2) is 0 Å². The molecule has 3 aromatic rings. The lowest BCUT2D eigenvalue weighted by molar-refractivity contribution is -0.895. The van der Waals surface area contributed by atoms with E-state index < -0.39 is 6.09 Å². The number of piperazine rings is 1. The van der Waals surface area contributed by atoms with Crippen LogP contribution in [0.3, 0.4) is 0 Å². The number of ether oxygens (including phenoxy) is 2. The number of benzene rings is 3. The second-order valence-electron chi connectivity index (χ2n) is 12.8. The molecular weight excluding hydrogens is 568 g/mol. The predicted octanol–water partition coefficient (Wildman–Crippen LogP) is 5.25. The zero-order valence-corrected chi connectivity index (χ0v) is 26.6. The van der Waals surface area contributed by atoms with Crippen molar-refractivity contribution in [1.82, 2.24) is 15.1 Å². The molecule has 1 aliphatic carbocycles. The van der Waals surface area contributed by atoms with Crippen molar-refractivity contribution < 1.29 is 28.3 Å². The van der Waals surface area contributed by atoms with Crippen molar-refractivity contribution in [2.45, 2.75) is 37.8 Å². The number of nitrogens with one attached hydrogen (secondary N) is 1. The Morgan fingerprint density at radius 1 is 0.800 bits per heavy atom. The minimum atomic E-state index is -0.439. The summed E-state index contributed by atoms with van der Waals surface area (Å²) in [5.74, 6) is 0.113. The van der Waals surface area contributed by atoms with Crippen LogP contribution >= 0.6 is 0 Å². The van der Waals surface area contributed by atoms with Crippen molar-refractivity contribution in [3.63, 3.8) is 0 Å². The monoisotopic (exact) mass is 613 g/mol. The van der Waals surface area contributed by atoms with Gasteiger partial charge in [0.2, 0.25) is 5.91 Å². The van der Waals surface area contributed by atoms with Gasteiger partial charge >= 0.3 is 12.2 Å². The van der Waals surface area contributed by atoms with Crippen molar-refractivity contribution >= 4 is 18.1 Å². The Hall–Kier alpha value is -4.37. The summed E-state index contributed by atoms with van der Waals surface area (Å²) in [5.41, 5.74) is 5.72. The van der Waals surface area contributed by atoms with Crippen molar-refractivity contribution in [1.29, 1.82) is 0 Å². The van der Waals surface area contributed by atoms with Crippen LogP contribution in [0.4, 0.5) is 9.59 Å². The number of amides is 3. The molecule has 0 spiro atoms. The first-order chi connectivity index (χ1) is 21.7. The number of rotatable bonds is 11. The maximum atomic E-state index is 13.3. The summed E-state index contributed by atoms with van der Waals surface area (Å²) < 4.78 is 11.8. The number of nitrogens with zero attached hydrogens (tertiary/aromatic N) is 3. The minimum absolute atomic E-state index is 0.0202. The largest absolute Gasteiger partial charge is 0.448 e. The Morgan fingerprint density at radius 2 is 1.38 bits per heavy atom. The molecule has 1 N–H and O–H groups in total. The second-order valence-corrected chi connectivity index (χ2v) is 12.8. The molecule has 1 aliphatic heterocycles. The first-order valence-corrected chi connectivity index (χ1v) is 15.8. The van der Waals surface area contributed by atoms with Gasteiger partial charge in [-0.3, -0.25) is 4.79 Å². The summed E-state index contributed by atoms with van der Waals surface area (Å²) in [6, 6.07) is 26.3. The molecule has 9 heteroatoms. The molecule has 1 heterocycles. The molecule has 1 saturated heterocycles. The highest BCUT2D eigenvalue weighted by atomic mass is 16.6. The lowest BCUT2D eigenvalue weighted by Crippen LogP contribution is -2.53. The molecule has 1 atom stereocenters. The third kappa shape index (κ3) is 8.22. The molecule has 45 heavy (non-hydrogen) atoms. The number of alkyl carbamates (subject to hydrolysis) is 1. The summed E-state index contributed by atoms with van der Waals surface area (Å²) in [7, 11) is 6.28. The van der Waals surface area contributed by atoms with Gasteiger partial charge in [0.1, 0.15) is 13.2 Å². The van der Waals surface area contributed by atoms with Crippen molar-refractivity contribution in [2.24, 2.45) is 0 Å². The number of hydrogen-bond acceptors (Lipinski definition) is 5. The number of carbonyl (C=O) groups excluding carboxylic acids is 3. The third-order valence-electron chi connectivity index (χ3n) is 8.93. The number of quaternary nitrogens is 1. The molecule has 0 bridgehead atoms. The molecule has 0 unspecified atom stereocenters. The number of fused-ring (bicyclic) bond motifs is 3. The average Bonchev–Trinajstić information content (AvgIpc) is 3.37. The van der Waals surface area contributed by atoms with Gasteiger partial charge in [-0.25, -0.2) is 9.59 Å². The number of hydrogen-bond donors (Lipinski definition) is 1. The molecule has 1 fully saturated rings. The molecule has 3 amide bonds. The zero-order valence-electron chi connectivity index (χ0n) is 26.6. The summed E-state index contributed by atoms with van der Waals surface area (Å²) in [4.78, 5) is 42.0. The summed E-state index contributed by atoms with van der Waals surface area (Å²) >= 11 is 0. The second kappa shape index (κ2) is 14.6. The quantitative estimate of drug-likeness (QED) is 0.236. The highest BCUT2D eigenvalue weighted by molar-refractivity contribution is 5.79. The lowest BCUT2D eigenvalue weighted by Gasteiger charge is -2.38. The van der Waals surface area contributed by atoms with E-state index in [4.69, 9.17) is 9.47 Å². The predicted molar refractivity (Wildman–Crippen MR) is 174 cm³/mol. The van der Waals surface area contributed by atoms with Crippen molar-refractivity contribution in [3.05, 3.63) is 95.6 Å². The fraction of sp³-hybridized carbons (Fsp3) is 0.417. The summed E-state index contributed by atoms with van der Waals surface area (Å²) in [6.07, 6.45) is 1.17. The van der Waals surface area contributed by atoms with Crippen LogP contribution in [-0.4, -0.2) is 98.9 Å². The van der Waals surface area contributed by atoms with E-state index in [1.807, 2.05) is 59.5 Å². The lowest BCUT2D eigenvalue weighted by atomic mass is 9.98. The normalized spacial score (nSPS) is 15.2. The zero-order chi connectivity index (χ0) is 31.8. The Bertz CT molecular complexity index is 1420. The highest BCUT2D eigenvalue weighted by Gasteiger charge is 2.33. The van der Waals surface area contributed by atoms with Gasteiger partial charge in [-0.2, -0.15) is 0 Å². The molecule has 5 rings (SSSR count). The van der Waals surface area contributed by atoms with Crippen LogP contribution in [0.2, 0.25) is 0 Å². The Balaban J connectivity index is 1.04. The SMILES string of the molecule is C[N+](C)(C)[C@@H](CCCNC(=O)OCc1ccccc1)CC(=O)N1CCN(C(=O)OCC2c3ccccc3-c3ccccc32)CC1. The molecule has 238 valence electrons. The van der Waals surface area contributed by atoms with E-state index in [9.17, 15) is 14.4 Å². The van der Waals surface area contributed by atoms with Crippen LogP contribution < -0.4 is 5.32 Å². The van der Waals surface area contributed by atoms with E-state index in [-0.39, 0.29) is 37.2 Å². The maximum Gasteiger partial charge on any atom is 0.409 e. The highest BCUT2D eigenvalue weighted by Crippen LogP contribution is 2.44. The Morgan fingerprint density at radius 3 is 2.00 bits per heavy atom. The van der Waals surface area contributed by atoms with Gasteiger partial charge in [-0.1, -0.05) is 78.9 Å². The maximum absolute atomic E-state index is 13.3. The average molecular weight is 614 g/mol. The molecule has 0 saturated carbocycles. The fourth-order valence-electron chi connectivity index (χ4n) is 6.22. The third-order valence-corrected chi connectivity index (χ3v) is 8.93. The van der Waals surface area contributed by atoms with Crippen molar-refractivity contribution in [2.75, 3.05) is 60.5 Å². The van der Waals surface area contributed by atoms with Gasteiger partial charge in [0, 0.05) is 45.1 Å². The van der Waals surface area contributed by atoms with E-state index in [2.05, 4.69) is 50.7 Å². The molecule has 2 aliphatic rings. The van der Waals surface area contributed by atoms with E-state index in [1.165, 1.54) is 22.3 Å². The van der Waals surface area contributed by atoms with Crippen LogP contribution in [0.1, 0.15) is 41.9 Å². The summed E-state index contributed by atoms with van der Waals surface area (Å²) in [6.45, 7) is 2.88. The molecule has 0 aromatic heterocycles. The van der Waals surface area contributed by atoms with Gasteiger partial charge in [0.25, 0.3) is 0 Å². The molecular formula is C36H45N4O5+. The Kier molecular flexibility index (Phi) is 10.4. The topological polar surface area (TPSA) is 88.2 Å². The van der Waals surface area contributed by atoms with E-state index >= 15 is 0 Å². The molecule has 0 radical (unpaired) electrons. The van der Waals surface area contributed by atoms with Crippen LogP contribution in [0.15, 0.2) is 78.9 Å².